The van der Waals surface area contributed by atoms with E-state index in [-0.39, 0.29) is 0 Å². The van der Waals surface area contributed by atoms with Crippen LogP contribution in [-0.2, 0) is 13.2 Å². The van der Waals surface area contributed by atoms with Crippen molar-refractivity contribution in [2.24, 2.45) is 0 Å². The van der Waals surface area contributed by atoms with E-state index in [2.05, 4.69) is 10.6 Å². The highest BCUT2D eigenvalue weighted by molar-refractivity contribution is 5.75. The van der Waals surface area contributed by atoms with Crippen LogP contribution < -0.4 is 14.2 Å². The van der Waals surface area contributed by atoms with Gasteiger partial charge in [-0.3, -0.25) is 0 Å². The first-order valence-electron chi connectivity index (χ1n) is 10.2. The van der Waals surface area contributed by atoms with Crippen LogP contribution in [0, 0.1) is 0 Å². The van der Waals surface area contributed by atoms with Gasteiger partial charge in [0.2, 0.25) is 0 Å². The molecule has 0 saturated carbocycles. The molecule has 0 saturated heterocycles. The predicted molar refractivity (Wildman–Crippen MR) is 118 cm³/mol. The van der Waals surface area contributed by atoms with Crippen LogP contribution in [0.5, 0.6) is 17.2 Å². The Kier molecular flexibility index (Phi) is 6.50. The highest BCUT2D eigenvalue weighted by Gasteiger charge is 2.11. The van der Waals surface area contributed by atoms with Crippen molar-refractivity contribution in [3.63, 3.8) is 0 Å². The summed E-state index contributed by atoms with van der Waals surface area (Å²) in [6.45, 7) is 1.98. The smallest absolute Gasteiger partial charge is 0.147 e. The summed E-state index contributed by atoms with van der Waals surface area (Å²) in [5, 5.41) is 0. The number of hydrogen-bond donors (Lipinski definition) is 0. The third-order valence-electron chi connectivity index (χ3n) is 4.93. The highest BCUT2D eigenvalue weighted by Crippen LogP contribution is 2.21. The van der Waals surface area contributed by atoms with Crippen LogP contribution in [0.15, 0.2) is 78.9 Å². The quantitative estimate of drug-likeness (QED) is 0.329. The molecule has 0 atom stereocenters. The number of benzene rings is 3. The van der Waals surface area contributed by atoms with Gasteiger partial charge in [-0.2, -0.15) is 0 Å². The first-order valence-corrected chi connectivity index (χ1v) is 10.2. The van der Waals surface area contributed by atoms with Crippen molar-refractivity contribution in [2.75, 3.05) is 13.7 Å². The van der Waals surface area contributed by atoms with Crippen LogP contribution in [0.1, 0.15) is 18.7 Å². The number of unbranched alkanes of at least 4 members (excludes halogenated alkanes) is 1. The van der Waals surface area contributed by atoms with E-state index < -0.39 is 0 Å². The Bertz CT molecular complexity index is 1080. The van der Waals surface area contributed by atoms with Crippen molar-refractivity contribution in [3.05, 3.63) is 84.7 Å². The predicted octanol–water partition coefficient (Wildman–Crippen LogP) is 5.48. The van der Waals surface area contributed by atoms with E-state index in [1.54, 1.807) is 7.11 Å². The first-order chi connectivity index (χ1) is 14.8. The number of fused-ring (bicyclic) bond motifs is 1. The Morgan fingerprint density at radius 1 is 0.767 bits per heavy atom. The fraction of sp³-hybridized carbons (Fsp3) is 0.240. The van der Waals surface area contributed by atoms with Gasteiger partial charge in [0.25, 0.3) is 0 Å². The van der Waals surface area contributed by atoms with E-state index in [4.69, 9.17) is 19.2 Å². The summed E-state index contributed by atoms with van der Waals surface area (Å²) in [5.41, 5.74) is 2.13. The number of nitrogens with zero attached hydrogens (tertiary/aromatic N) is 2. The molecule has 1 heterocycles. The normalized spacial score (nSPS) is 10.8. The Balaban J connectivity index is 1.36. The standard InChI is InChI=1S/C25H26N2O3/c1-28-21-12-9-13-22(18-21)29-17-8-7-16-27-24-15-6-5-14-23(24)26-25(27)19-30-20-10-3-2-4-11-20/h2-6,9-15,18H,7-8,16-17,19H2,1H3. The molecule has 0 unspecified atom stereocenters. The van der Waals surface area contributed by atoms with E-state index in [0.29, 0.717) is 13.2 Å². The Morgan fingerprint density at radius 2 is 1.53 bits per heavy atom. The molecule has 5 heteroatoms. The molecule has 0 N–H and O–H groups in total. The van der Waals surface area contributed by atoms with Crippen LogP contribution in [0.2, 0.25) is 0 Å². The van der Waals surface area contributed by atoms with Crippen molar-refractivity contribution in [2.45, 2.75) is 26.0 Å². The minimum Gasteiger partial charge on any atom is -0.497 e. The molecule has 0 bridgehead atoms. The molecule has 0 amide bonds. The second-order valence-electron chi connectivity index (χ2n) is 7.00. The molecule has 5 nitrogen and oxygen atoms in total. The number of para-hydroxylation sites is 3. The minimum absolute atomic E-state index is 0.443. The molecule has 3 aromatic carbocycles. The van der Waals surface area contributed by atoms with Gasteiger partial charge in [-0.1, -0.05) is 36.4 Å². The molecule has 4 aromatic rings. The van der Waals surface area contributed by atoms with Crippen LogP contribution in [-0.4, -0.2) is 23.3 Å². The second kappa shape index (κ2) is 9.83. The zero-order valence-corrected chi connectivity index (χ0v) is 17.2. The highest BCUT2D eigenvalue weighted by atomic mass is 16.5. The molecule has 4 rings (SSSR count). The fourth-order valence-corrected chi connectivity index (χ4v) is 3.40. The van der Waals surface area contributed by atoms with Gasteiger partial charge in [0, 0.05) is 12.6 Å². The molecule has 0 spiro atoms. The summed E-state index contributed by atoms with van der Waals surface area (Å²) in [7, 11) is 1.66. The van der Waals surface area contributed by atoms with Crippen LogP contribution >= 0.6 is 0 Å². The lowest BCUT2D eigenvalue weighted by atomic mass is 10.3. The summed E-state index contributed by atoms with van der Waals surface area (Å²) in [5.74, 6) is 3.43. The van der Waals surface area contributed by atoms with Gasteiger partial charge in [0.1, 0.15) is 29.7 Å². The van der Waals surface area contributed by atoms with Crippen molar-refractivity contribution < 1.29 is 14.2 Å². The first kappa shape index (κ1) is 19.8. The summed E-state index contributed by atoms with van der Waals surface area (Å²) in [6, 6.07) is 25.8. The molecule has 30 heavy (non-hydrogen) atoms. The second-order valence-corrected chi connectivity index (χ2v) is 7.00. The Labute approximate surface area is 176 Å². The molecule has 0 radical (unpaired) electrons. The third kappa shape index (κ3) is 4.92. The van der Waals surface area contributed by atoms with Crippen molar-refractivity contribution >= 4 is 11.0 Å². The lowest BCUT2D eigenvalue weighted by molar-refractivity contribution is 0.284. The third-order valence-corrected chi connectivity index (χ3v) is 4.93. The molecule has 1 aromatic heterocycles. The molecule has 0 aliphatic rings. The summed E-state index contributed by atoms with van der Waals surface area (Å²) < 4.78 is 19.3. The summed E-state index contributed by atoms with van der Waals surface area (Å²) in [6.07, 6.45) is 1.94. The van der Waals surface area contributed by atoms with Crippen molar-refractivity contribution in [3.8, 4) is 17.2 Å². The van der Waals surface area contributed by atoms with Gasteiger partial charge >= 0.3 is 0 Å². The Morgan fingerprint density at radius 3 is 2.40 bits per heavy atom. The molecular formula is C25H26N2O3. The lowest BCUT2D eigenvalue weighted by Crippen LogP contribution is -2.08. The molecule has 0 aliphatic carbocycles. The van der Waals surface area contributed by atoms with Gasteiger partial charge in [-0.05, 0) is 49.2 Å². The number of imidazole rings is 1. The van der Waals surface area contributed by atoms with Gasteiger partial charge in [0.05, 0.1) is 24.8 Å². The van der Waals surface area contributed by atoms with E-state index in [1.165, 1.54) is 0 Å². The molecule has 0 aliphatic heterocycles. The van der Waals surface area contributed by atoms with Gasteiger partial charge in [0.15, 0.2) is 0 Å². The van der Waals surface area contributed by atoms with E-state index in [0.717, 1.165) is 53.5 Å². The maximum atomic E-state index is 5.95. The van der Waals surface area contributed by atoms with Crippen molar-refractivity contribution in [1.82, 2.24) is 9.55 Å². The zero-order chi connectivity index (χ0) is 20.6. The molecule has 154 valence electrons. The lowest BCUT2D eigenvalue weighted by Gasteiger charge is -2.11. The monoisotopic (exact) mass is 402 g/mol. The molecule has 0 fully saturated rings. The molecular weight excluding hydrogens is 376 g/mol. The number of methoxy groups -OCH3 is 1. The fourth-order valence-electron chi connectivity index (χ4n) is 3.40. The van der Waals surface area contributed by atoms with Crippen LogP contribution in [0.3, 0.4) is 0 Å². The maximum absolute atomic E-state index is 5.95. The van der Waals surface area contributed by atoms with Gasteiger partial charge in [-0.25, -0.2) is 4.98 Å². The number of aromatic nitrogens is 2. The number of rotatable bonds is 10. The topological polar surface area (TPSA) is 45.5 Å². The number of hydrogen-bond acceptors (Lipinski definition) is 4. The van der Waals surface area contributed by atoms with Crippen LogP contribution in [0.4, 0.5) is 0 Å². The zero-order valence-electron chi connectivity index (χ0n) is 17.2. The number of aryl methyl sites for hydroxylation is 1. The SMILES string of the molecule is COc1cccc(OCCCCn2c(COc3ccccc3)nc3ccccc32)c1. The summed E-state index contributed by atoms with van der Waals surface area (Å²) in [4.78, 5) is 4.79. The van der Waals surface area contributed by atoms with Crippen molar-refractivity contribution in [1.29, 1.82) is 0 Å². The van der Waals surface area contributed by atoms with E-state index in [9.17, 15) is 0 Å². The largest absolute Gasteiger partial charge is 0.497 e. The minimum atomic E-state index is 0.443. The van der Waals surface area contributed by atoms with Crippen LogP contribution in [0.25, 0.3) is 11.0 Å². The van der Waals surface area contributed by atoms with Gasteiger partial charge < -0.3 is 18.8 Å². The maximum Gasteiger partial charge on any atom is 0.147 e. The summed E-state index contributed by atoms with van der Waals surface area (Å²) >= 11 is 0. The van der Waals surface area contributed by atoms with Gasteiger partial charge in [-0.15, -0.1) is 0 Å². The number of ether oxygens (including phenoxy) is 3. The average molecular weight is 402 g/mol. The Hall–Kier alpha value is -3.47. The van der Waals surface area contributed by atoms with E-state index in [1.807, 2.05) is 72.8 Å². The average Bonchev–Trinajstić information content (AvgIpc) is 3.16. The van der Waals surface area contributed by atoms with E-state index >= 15 is 0 Å².